The van der Waals surface area contributed by atoms with Crippen LogP contribution in [0.4, 0.5) is 10.5 Å². The highest BCUT2D eigenvalue weighted by molar-refractivity contribution is 9.10. The van der Waals surface area contributed by atoms with Crippen LogP contribution in [0.3, 0.4) is 0 Å². The van der Waals surface area contributed by atoms with Crippen LogP contribution < -0.4 is 10.6 Å². The summed E-state index contributed by atoms with van der Waals surface area (Å²) in [5, 5.41) is 22.0. The molecule has 1 rings (SSSR count). The lowest BCUT2D eigenvalue weighted by Gasteiger charge is -2.14. The van der Waals surface area contributed by atoms with Crippen molar-refractivity contribution < 1.29 is 24.6 Å². The first-order valence-corrected chi connectivity index (χ1v) is 6.44. The molecule has 9 heteroatoms. The molecular formula is C11H10BrClN2O5. The lowest BCUT2D eigenvalue weighted by atomic mass is 10.2. The molecule has 20 heavy (non-hydrogen) atoms. The minimum Gasteiger partial charge on any atom is -0.481 e. The van der Waals surface area contributed by atoms with E-state index in [-0.39, 0.29) is 10.7 Å². The van der Waals surface area contributed by atoms with Crippen molar-refractivity contribution in [3.8, 4) is 0 Å². The summed E-state index contributed by atoms with van der Waals surface area (Å²) < 4.78 is 0.664. The first kappa shape index (κ1) is 16.3. The van der Waals surface area contributed by atoms with E-state index in [0.717, 1.165) is 0 Å². The number of aliphatic carboxylic acids is 2. The topological polar surface area (TPSA) is 116 Å². The molecular weight excluding hydrogens is 355 g/mol. The molecule has 108 valence electrons. The molecule has 0 heterocycles. The number of urea groups is 1. The molecule has 0 fully saturated rings. The normalized spacial score (nSPS) is 11.5. The van der Waals surface area contributed by atoms with Crippen molar-refractivity contribution in [2.24, 2.45) is 0 Å². The molecule has 0 aromatic heterocycles. The summed E-state index contributed by atoms with van der Waals surface area (Å²) in [6.45, 7) is 0. The van der Waals surface area contributed by atoms with E-state index in [9.17, 15) is 14.4 Å². The SMILES string of the molecule is O=C(O)C[C@@H](NC(=O)Nc1cc(Br)ccc1Cl)C(=O)O. The van der Waals surface area contributed by atoms with E-state index in [2.05, 4.69) is 21.2 Å². The van der Waals surface area contributed by atoms with Gasteiger partial charge in [0.25, 0.3) is 0 Å². The highest BCUT2D eigenvalue weighted by atomic mass is 79.9. The molecule has 1 atom stereocenters. The second-order valence-corrected chi connectivity index (χ2v) is 5.03. The third kappa shape index (κ3) is 5.06. The van der Waals surface area contributed by atoms with Crippen molar-refractivity contribution in [2.75, 3.05) is 5.32 Å². The van der Waals surface area contributed by atoms with E-state index in [1.807, 2.05) is 5.32 Å². The number of nitrogens with one attached hydrogen (secondary N) is 2. The number of carbonyl (C=O) groups excluding carboxylic acids is 1. The van der Waals surface area contributed by atoms with Gasteiger partial charge in [-0.05, 0) is 18.2 Å². The Hall–Kier alpha value is -1.80. The highest BCUT2D eigenvalue weighted by Gasteiger charge is 2.23. The van der Waals surface area contributed by atoms with Gasteiger partial charge in [-0.15, -0.1) is 0 Å². The van der Waals surface area contributed by atoms with Gasteiger partial charge in [-0.2, -0.15) is 0 Å². The van der Waals surface area contributed by atoms with Crippen molar-refractivity contribution in [3.05, 3.63) is 27.7 Å². The predicted octanol–water partition coefficient (Wildman–Crippen LogP) is 2.15. The van der Waals surface area contributed by atoms with Crippen molar-refractivity contribution in [1.29, 1.82) is 0 Å². The molecule has 0 bridgehead atoms. The second kappa shape index (κ2) is 7.11. The highest BCUT2D eigenvalue weighted by Crippen LogP contribution is 2.25. The third-order valence-corrected chi connectivity index (χ3v) is 2.98. The first-order valence-electron chi connectivity index (χ1n) is 5.26. The van der Waals surface area contributed by atoms with Gasteiger partial charge in [0.05, 0.1) is 17.1 Å². The number of benzene rings is 1. The van der Waals surface area contributed by atoms with Crippen LogP contribution in [0.5, 0.6) is 0 Å². The van der Waals surface area contributed by atoms with Crippen LogP contribution in [-0.4, -0.2) is 34.2 Å². The number of rotatable bonds is 5. The maximum Gasteiger partial charge on any atom is 0.326 e. The third-order valence-electron chi connectivity index (χ3n) is 2.16. The van der Waals surface area contributed by atoms with Gasteiger partial charge >= 0.3 is 18.0 Å². The molecule has 0 unspecified atom stereocenters. The van der Waals surface area contributed by atoms with Crippen LogP contribution in [0, 0.1) is 0 Å². The Bertz CT molecular complexity index is 552. The number of carbonyl (C=O) groups is 3. The fraction of sp³-hybridized carbons (Fsp3) is 0.182. The summed E-state index contributed by atoms with van der Waals surface area (Å²) in [6, 6.07) is 2.33. The zero-order valence-electron chi connectivity index (χ0n) is 9.89. The molecule has 0 spiro atoms. The maximum absolute atomic E-state index is 11.6. The van der Waals surface area contributed by atoms with Crippen LogP contribution in [0.1, 0.15) is 6.42 Å². The largest absolute Gasteiger partial charge is 0.481 e. The molecule has 0 saturated heterocycles. The monoisotopic (exact) mass is 364 g/mol. The smallest absolute Gasteiger partial charge is 0.326 e. The molecule has 1 aromatic rings. The van der Waals surface area contributed by atoms with Gasteiger partial charge < -0.3 is 20.8 Å². The van der Waals surface area contributed by atoms with E-state index in [4.69, 9.17) is 21.8 Å². The van der Waals surface area contributed by atoms with Gasteiger partial charge in [-0.25, -0.2) is 9.59 Å². The van der Waals surface area contributed by atoms with Gasteiger partial charge in [-0.1, -0.05) is 27.5 Å². The van der Waals surface area contributed by atoms with E-state index in [1.54, 1.807) is 6.07 Å². The Morgan fingerprint density at radius 1 is 1.30 bits per heavy atom. The van der Waals surface area contributed by atoms with Gasteiger partial charge in [0.1, 0.15) is 6.04 Å². The molecule has 0 radical (unpaired) electrons. The Labute approximate surface area is 127 Å². The van der Waals surface area contributed by atoms with Crippen LogP contribution >= 0.6 is 27.5 Å². The summed E-state index contributed by atoms with van der Waals surface area (Å²) in [7, 11) is 0. The van der Waals surface area contributed by atoms with Gasteiger partial charge in [0.15, 0.2) is 0 Å². The Morgan fingerprint density at radius 2 is 1.95 bits per heavy atom. The molecule has 0 saturated carbocycles. The van der Waals surface area contributed by atoms with E-state index >= 15 is 0 Å². The average molecular weight is 366 g/mol. The summed E-state index contributed by atoms with van der Waals surface area (Å²) in [5.41, 5.74) is 0.262. The molecule has 0 aliphatic heterocycles. The fourth-order valence-corrected chi connectivity index (χ4v) is 1.81. The predicted molar refractivity (Wildman–Crippen MR) is 75.0 cm³/mol. The number of carboxylic acids is 2. The average Bonchev–Trinajstić information content (AvgIpc) is 2.32. The van der Waals surface area contributed by atoms with Crippen molar-refractivity contribution in [1.82, 2.24) is 5.32 Å². The standard InChI is InChI=1S/C11H10BrClN2O5/c12-5-1-2-6(13)7(3-5)14-11(20)15-8(10(18)19)4-9(16)17/h1-3,8H,4H2,(H,16,17)(H,18,19)(H2,14,15,20)/t8-/m1/s1. The minimum absolute atomic E-state index is 0.258. The lowest BCUT2D eigenvalue weighted by molar-refractivity contribution is -0.145. The summed E-state index contributed by atoms with van der Waals surface area (Å²) in [5.74, 6) is -2.78. The molecule has 1 aromatic carbocycles. The molecule has 0 aliphatic rings. The number of halogens is 2. The van der Waals surface area contributed by atoms with E-state index in [0.29, 0.717) is 4.47 Å². The van der Waals surface area contributed by atoms with Gasteiger partial charge in [-0.3, -0.25) is 4.79 Å². The minimum atomic E-state index is -1.53. The molecule has 4 N–H and O–H groups in total. The zero-order chi connectivity index (χ0) is 15.3. The van der Waals surface area contributed by atoms with Gasteiger partial charge in [0, 0.05) is 4.47 Å². The zero-order valence-corrected chi connectivity index (χ0v) is 12.2. The summed E-state index contributed by atoms with van der Waals surface area (Å²) >= 11 is 9.04. The quantitative estimate of drug-likeness (QED) is 0.638. The van der Waals surface area contributed by atoms with Crippen LogP contribution in [-0.2, 0) is 9.59 Å². The summed E-state index contributed by atoms with van der Waals surface area (Å²) in [6.07, 6.45) is -0.727. The van der Waals surface area contributed by atoms with Crippen LogP contribution in [0.15, 0.2) is 22.7 Å². The second-order valence-electron chi connectivity index (χ2n) is 3.71. The summed E-state index contributed by atoms with van der Waals surface area (Å²) in [4.78, 5) is 32.9. The van der Waals surface area contributed by atoms with E-state index in [1.165, 1.54) is 12.1 Å². The number of amides is 2. The van der Waals surface area contributed by atoms with Crippen LogP contribution in [0.25, 0.3) is 0 Å². The number of carboxylic acid groups (broad SMARTS) is 2. The van der Waals surface area contributed by atoms with Gasteiger partial charge in [0.2, 0.25) is 0 Å². The first-order chi connectivity index (χ1) is 9.29. The molecule has 2 amide bonds. The number of hydrogen-bond donors (Lipinski definition) is 4. The Kier molecular flexibility index (Phi) is 5.78. The number of hydrogen-bond acceptors (Lipinski definition) is 3. The molecule has 7 nitrogen and oxygen atoms in total. The van der Waals surface area contributed by atoms with Crippen molar-refractivity contribution >= 4 is 51.2 Å². The van der Waals surface area contributed by atoms with Crippen LogP contribution in [0.2, 0.25) is 5.02 Å². The van der Waals surface area contributed by atoms with Crippen molar-refractivity contribution in [3.63, 3.8) is 0 Å². The maximum atomic E-state index is 11.6. The Balaban J connectivity index is 2.72. The lowest BCUT2D eigenvalue weighted by Crippen LogP contribution is -2.44. The number of anilines is 1. The van der Waals surface area contributed by atoms with E-state index < -0.39 is 30.4 Å². The molecule has 0 aliphatic carbocycles. The fourth-order valence-electron chi connectivity index (χ4n) is 1.28. The van der Waals surface area contributed by atoms with Crippen molar-refractivity contribution in [2.45, 2.75) is 12.5 Å². The Morgan fingerprint density at radius 3 is 2.50 bits per heavy atom.